The number of hydrogen-bond donors (Lipinski definition) is 19. The van der Waals surface area contributed by atoms with Crippen LogP contribution in [0.25, 0.3) is 21.8 Å². The van der Waals surface area contributed by atoms with Gasteiger partial charge >= 0.3 is 11.9 Å². The number of carboxylic acids is 2. The zero-order chi connectivity index (χ0) is 97.7. The largest absolute Gasteiger partial charge is 0.508 e. The number of phenols is 1. The number of fused-ring (bicyclic) bond motifs is 5. The van der Waals surface area contributed by atoms with Crippen LogP contribution in [0.15, 0.2) is 97.7 Å². The lowest BCUT2D eigenvalue weighted by atomic mass is 9.99. The number of aromatic hydroxyl groups is 1. The summed E-state index contributed by atoms with van der Waals surface area (Å²) in [6, 6.07) is -1.53. The Bertz CT molecular complexity index is 5230. The van der Waals surface area contributed by atoms with Crippen LogP contribution in [0, 0.1) is 0 Å². The van der Waals surface area contributed by atoms with Crippen molar-refractivity contribution in [3.05, 3.63) is 120 Å². The number of carbonyl (C=O) groups excluding carboxylic acids is 16. The van der Waals surface area contributed by atoms with Crippen LogP contribution in [0.3, 0.4) is 0 Å². The number of unbranched alkanes of at least 4 members (excludes halogenated alkanes) is 2. The average molecular weight is 1890 g/mol. The zero-order valence-corrected chi connectivity index (χ0v) is 76.9. The van der Waals surface area contributed by atoms with E-state index in [0.717, 1.165) is 26.5 Å². The third kappa shape index (κ3) is 28.3. The maximum atomic E-state index is 15.8. The van der Waals surface area contributed by atoms with Crippen LogP contribution in [0.2, 0.25) is 0 Å². The van der Waals surface area contributed by atoms with Gasteiger partial charge in [0.1, 0.15) is 90.3 Å². The maximum absolute atomic E-state index is 15.8. The average Bonchev–Trinajstić information content (AvgIpc) is 1.74. The molecule has 0 spiro atoms. The van der Waals surface area contributed by atoms with Gasteiger partial charge in [-0.25, -0.2) is 4.98 Å². The molecule has 3 aromatic heterocycles. The van der Waals surface area contributed by atoms with Crippen LogP contribution in [0.4, 0.5) is 0 Å². The summed E-state index contributed by atoms with van der Waals surface area (Å²) in [7, 11) is 2.76. The smallest absolute Gasteiger partial charge is 0.305 e. The van der Waals surface area contributed by atoms with Crippen LogP contribution in [0.5, 0.6) is 5.75 Å². The van der Waals surface area contributed by atoms with E-state index in [0.29, 0.717) is 64.2 Å². The van der Waals surface area contributed by atoms with E-state index in [1.807, 2.05) is 13.8 Å². The van der Waals surface area contributed by atoms with Crippen molar-refractivity contribution in [3.8, 4) is 5.75 Å². The first-order chi connectivity index (χ1) is 64.7. The summed E-state index contributed by atoms with van der Waals surface area (Å²) in [5.74, 6) is -18.6. The molecule has 7 heterocycles. The molecule has 4 saturated heterocycles. The number of hydrogen-bond acceptors (Lipinski definition) is 23. The number of nitrogens with one attached hydrogen (secondary N) is 13. The number of carbonyl (C=O) groups is 18. The maximum Gasteiger partial charge on any atom is 0.305 e. The number of nitrogens with two attached hydrogens (primary N) is 3. The van der Waals surface area contributed by atoms with Crippen molar-refractivity contribution in [2.45, 2.75) is 240 Å². The van der Waals surface area contributed by atoms with E-state index in [9.17, 15) is 58.5 Å². The number of para-hydroxylation sites is 2. The number of amides is 16. The molecule has 22 N–H and O–H groups in total. The minimum atomic E-state index is -1.89. The number of likely N-dealkylation sites (N-methyl/N-ethyl adjacent to an activating group) is 2. The number of primary amides is 1. The first-order valence-electron chi connectivity index (χ1n) is 45.7. The number of aliphatic carboxylic acids is 2. The van der Waals surface area contributed by atoms with Gasteiger partial charge in [0, 0.05) is 112 Å². The molecule has 2 unspecified atom stereocenters. The Kier molecular flexibility index (Phi) is 38.4. The summed E-state index contributed by atoms with van der Waals surface area (Å²) in [5, 5.41) is 58.7. The highest BCUT2D eigenvalue weighted by molar-refractivity contribution is 8.00. The van der Waals surface area contributed by atoms with E-state index >= 15 is 43.2 Å². The molecule has 44 heteroatoms. The number of carboxylic acid groups (broad SMARTS) is 2. The summed E-state index contributed by atoms with van der Waals surface area (Å²) in [6.45, 7) is 2.38. The van der Waals surface area contributed by atoms with Gasteiger partial charge in [-0.1, -0.05) is 88.1 Å². The SMILES string of the molecule is CCCC[C@@H]1C(=O)N(C)[C@H](CCCC)C(=O)N[C@@H](CCCN)C(=O)N[C@@H](C(=O)NCC(N)=O)CSCC(=O)N[C@@H](Cc2ccc(O)cc2)C(=O)N2CCCC2C(=O)N[C@H](CC(=O)O)C(=O)N2CCC[C@H]2C(=O)N[C@H](Cc2c[nH]cn2)C(=O)N[C@@H](CCC(=O)O)C(=O)N2CCCC2C(=O)N[C@H](Cc2c[nH]c3ccccc23)C(=O)N[C@@H](CCN)C(=O)N[C@@H](Cc2c[nH]c3ccccc23)C(=O)N1C. The highest BCUT2D eigenvalue weighted by Gasteiger charge is 2.47. The number of aromatic amines is 3. The lowest BCUT2D eigenvalue weighted by Gasteiger charge is -2.36. The molecule has 135 heavy (non-hydrogen) atoms. The van der Waals surface area contributed by atoms with Gasteiger partial charge in [0.05, 0.1) is 30.7 Å². The summed E-state index contributed by atoms with van der Waals surface area (Å²) in [6.07, 6.45) is 4.43. The summed E-state index contributed by atoms with van der Waals surface area (Å²) in [5.41, 5.74) is 20.7. The fourth-order valence-electron chi connectivity index (χ4n) is 17.5. The van der Waals surface area contributed by atoms with Gasteiger partial charge in [0.25, 0.3) is 0 Å². The van der Waals surface area contributed by atoms with E-state index in [-0.39, 0.29) is 140 Å². The van der Waals surface area contributed by atoms with Gasteiger partial charge in [-0.15, -0.1) is 11.8 Å². The van der Waals surface area contributed by atoms with Gasteiger partial charge < -0.3 is 125 Å². The van der Waals surface area contributed by atoms with Crippen LogP contribution in [0.1, 0.15) is 152 Å². The molecule has 4 fully saturated rings. The third-order valence-corrected chi connectivity index (χ3v) is 25.7. The van der Waals surface area contributed by atoms with Crippen molar-refractivity contribution in [2.75, 3.05) is 64.9 Å². The van der Waals surface area contributed by atoms with Gasteiger partial charge in [-0.05, 0) is 131 Å². The van der Waals surface area contributed by atoms with Crippen LogP contribution in [-0.4, -0.2) is 316 Å². The molecular weight excluding hydrogens is 1770 g/mol. The highest BCUT2D eigenvalue weighted by Crippen LogP contribution is 2.29. The molecule has 3 aromatic carbocycles. The molecule has 0 saturated carbocycles. The molecule has 730 valence electrons. The molecule has 14 atom stereocenters. The Hall–Kier alpha value is -13.5. The molecule has 6 aromatic rings. The van der Waals surface area contributed by atoms with Crippen molar-refractivity contribution in [1.82, 2.24) is 97.6 Å². The number of nitrogens with zero attached hydrogens (tertiary/aromatic N) is 6. The topological polar surface area (TPSA) is 643 Å². The normalized spacial score (nSPS) is 24.6. The Morgan fingerprint density at radius 3 is 1.48 bits per heavy atom. The quantitative estimate of drug-likeness (QED) is 0.0279. The molecule has 16 amide bonds. The first kappa shape index (κ1) is 104. The lowest BCUT2D eigenvalue weighted by Crippen LogP contribution is -2.61. The summed E-state index contributed by atoms with van der Waals surface area (Å²) in [4.78, 5) is 282. The Morgan fingerprint density at radius 1 is 0.474 bits per heavy atom. The summed E-state index contributed by atoms with van der Waals surface area (Å²) >= 11 is 0.786. The second kappa shape index (κ2) is 50.0. The molecule has 0 bridgehead atoms. The number of benzene rings is 3. The molecule has 43 nitrogen and oxygen atoms in total. The van der Waals surface area contributed by atoms with E-state index < -0.39 is 228 Å². The van der Waals surface area contributed by atoms with Crippen molar-refractivity contribution >= 4 is 140 Å². The van der Waals surface area contributed by atoms with E-state index in [1.165, 1.54) is 60.7 Å². The predicted molar refractivity (Wildman–Crippen MR) is 492 cm³/mol. The lowest BCUT2D eigenvalue weighted by molar-refractivity contribution is -0.149. The Labute approximate surface area is 783 Å². The zero-order valence-electron chi connectivity index (χ0n) is 76.0. The van der Waals surface area contributed by atoms with E-state index in [1.54, 1.807) is 60.9 Å². The molecule has 4 aliphatic heterocycles. The minimum absolute atomic E-state index is 0.00516. The fourth-order valence-corrected chi connectivity index (χ4v) is 18.3. The van der Waals surface area contributed by atoms with E-state index in [4.69, 9.17) is 17.2 Å². The molecule has 4 aliphatic rings. The van der Waals surface area contributed by atoms with Gasteiger partial charge in [-0.3, -0.25) is 86.3 Å². The van der Waals surface area contributed by atoms with Crippen LogP contribution >= 0.6 is 11.8 Å². The number of thioether (sulfide) groups is 1. The van der Waals surface area contributed by atoms with Crippen molar-refractivity contribution in [1.29, 1.82) is 0 Å². The number of aromatic nitrogens is 4. The standard InChI is InChI=1S/C91H124N22O21S/c1-5-7-22-69-83(126)102-60(21-13-34-92)79(122)108-68(78(121)98-47-74(94)115)48-135-49-75(116)100-65(39-51-27-29-55(114)30-28-51)89(132)112-37-16-26-72(112)86(129)107-67(43-77(119)120)90(133)113-38-15-25-71(113)85(128)105-64(42-54-46-95-50-99-54)82(125)103-62(31-32-76(117)118)88(131)111-36-14-24-70(111)84(127)104-63(40-52-44-96-58-19-11-9-17-56(52)58)81(124)101-61(33-35-93)80(123)106-66(41-53-45-97-59-20-12-10-18-57(53)59)87(130)110(4)73(23-8-6-2)91(134)109(69)3/h9-12,17-20,27-30,44-46,50,60-73,96-97,114H,5-8,13-16,21-26,31-43,47-49,92-93H2,1-4H3,(H2,94,115)(H,95,99)(H,98,121)(H,100,116)(H,101,124)(H,102,126)(H,103,125)(H,104,127)(H,105,128)(H,106,123)(H,107,129)(H,108,122)(H,117,118)(H,119,120)/t60-,61-,62-,63+,64+,65-,66-,67+,68+,69+,70?,71-,72?,73+/m0/s1. The Balaban J connectivity index is 1.02. The molecular formula is C91H124N22O21S. The predicted octanol–water partition coefficient (Wildman–Crippen LogP) is -1.51. The van der Waals surface area contributed by atoms with Crippen molar-refractivity contribution in [3.63, 3.8) is 0 Å². The van der Waals surface area contributed by atoms with E-state index in [2.05, 4.69) is 73.1 Å². The second-order valence-corrected chi connectivity index (χ2v) is 35.4. The van der Waals surface area contributed by atoms with Gasteiger partial charge in [0.2, 0.25) is 94.5 Å². The first-order valence-corrected chi connectivity index (χ1v) is 46.9. The minimum Gasteiger partial charge on any atom is -0.508 e. The third-order valence-electron chi connectivity index (χ3n) is 24.7. The Morgan fingerprint density at radius 2 is 0.948 bits per heavy atom. The summed E-state index contributed by atoms with van der Waals surface area (Å²) < 4.78 is 0. The number of phenolic OH excluding ortho intramolecular Hbond substituents is 1. The fraction of sp³-hybridized carbons (Fsp3) is 0.527. The number of imidazole rings is 1. The van der Waals surface area contributed by atoms with Gasteiger partial charge in [0.15, 0.2) is 0 Å². The molecule has 10 rings (SSSR count). The number of rotatable bonds is 27. The molecule has 0 radical (unpaired) electrons. The van der Waals surface area contributed by atoms with Gasteiger partial charge in [-0.2, -0.15) is 0 Å². The van der Waals surface area contributed by atoms with Crippen molar-refractivity contribution < 1.29 is 102 Å². The monoisotopic (exact) mass is 1890 g/mol. The number of H-pyrrole nitrogens is 3. The van der Waals surface area contributed by atoms with Crippen LogP contribution < -0.4 is 70.4 Å². The second-order valence-electron chi connectivity index (χ2n) is 34.4. The van der Waals surface area contributed by atoms with Crippen molar-refractivity contribution in [2.24, 2.45) is 17.2 Å². The molecule has 0 aliphatic carbocycles. The van der Waals surface area contributed by atoms with Crippen LogP contribution in [-0.2, 0) is 112 Å². The highest BCUT2D eigenvalue weighted by atomic mass is 32.2.